The third-order valence-corrected chi connectivity index (χ3v) is 7.41. The predicted molar refractivity (Wildman–Crippen MR) is 143 cm³/mol. The van der Waals surface area contributed by atoms with Gasteiger partial charge in [0.25, 0.3) is 5.56 Å². The van der Waals surface area contributed by atoms with Gasteiger partial charge in [-0.3, -0.25) is 23.1 Å². The Morgan fingerprint density at radius 1 is 1.10 bits per heavy atom. The summed E-state index contributed by atoms with van der Waals surface area (Å²) in [5.74, 6) is -1.03. The van der Waals surface area contributed by atoms with Crippen molar-refractivity contribution in [2.75, 3.05) is 13.2 Å². The van der Waals surface area contributed by atoms with Gasteiger partial charge < -0.3 is 9.47 Å². The Morgan fingerprint density at radius 3 is 2.44 bits per heavy atom. The molecule has 3 heterocycles. The summed E-state index contributed by atoms with van der Waals surface area (Å²) in [6.45, 7) is 1.54. The van der Waals surface area contributed by atoms with Gasteiger partial charge in [0.05, 0.1) is 53.1 Å². The molecule has 1 fully saturated rings. The summed E-state index contributed by atoms with van der Waals surface area (Å²) in [5, 5.41) is -0.682. The first-order valence-corrected chi connectivity index (χ1v) is 13.0. The van der Waals surface area contributed by atoms with E-state index >= 15 is 0 Å². The van der Waals surface area contributed by atoms with Crippen LogP contribution in [0.1, 0.15) is 34.8 Å². The van der Waals surface area contributed by atoms with Crippen LogP contribution in [-0.2, 0) is 35.8 Å². The number of rotatable bonds is 7. The molecule has 0 aliphatic carbocycles. The standard InChI is InChI=1S/C27H24ClF3N4O6/c1-3-40-24(37)17-14-33(20-9-5-8-19-22(20)34(25(38)32(19)2)13-16-10-11-41-16)26(39)35(23(17)36)12-15-6-4-7-18(21(15)28)27(29,30)31/h4-9,14,16H,3,10-13H2,1-2H3. The first-order valence-electron chi connectivity index (χ1n) is 12.6. The number of carbonyl (C=O) groups excluding carboxylic acids is 1. The average molecular weight is 593 g/mol. The van der Waals surface area contributed by atoms with Crippen molar-refractivity contribution in [3.05, 3.63) is 95.6 Å². The van der Waals surface area contributed by atoms with Gasteiger partial charge in [-0.05, 0) is 37.1 Å². The van der Waals surface area contributed by atoms with Crippen molar-refractivity contribution in [1.82, 2.24) is 18.3 Å². The van der Waals surface area contributed by atoms with Crippen LogP contribution in [0.2, 0.25) is 5.02 Å². The van der Waals surface area contributed by atoms with E-state index in [1.165, 1.54) is 28.2 Å². The molecule has 2 aromatic carbocycles. The fourth-order valence-corrected chi connectivity index (χ4v) is 5.09. The minimum atomic E-state index is -4.78. The zero-order chi connectivity index (χ0) is 29.6. The molecule has 4 aromatic rings. The number of para-hydroxylation sites is 1. The highest BCUT2D eigenvalue weighted by Crippen LogP contribution is 2.36. The van der Waals surface area contributed by atoms with E-state index in [4.69, 9.17) is 21.1 Å². The second-order valence-electron chi connectivity index (χ2n) is 9.46. The molecule has 1 aliphatic rings. The molecule has 0 N–H and O–H groups in total. The van der Waals surface area contributed by atoms with Gasteiger partial charge in [-0.2, -0.15) is 13.2 Å². The fraction of sp³-hybridized carbons (Fsp3) is 0.333. The van der Waals surface area contributed by atoms with Crippen molar-refractivity contribution in [2.24, 2.45) is 7.05 Å². The van der Waals surface area contributed by atoms with Crippen LogP contribution in [-0.4, -0.2) is 43.6 Å². The first-order chi connectivity index (χ1) is 19.4. The minimum Gasteiger partial charge on any atom is -0.462 e. The lowest BCUT2D eigenvalue weighted by atomic mass is 10.1. The molecular formula is C27H24ClF3N4O6. The van der Waals surface area contributed by atoms with Gasteiger partial charge in [0.15, 0.2) is 0 Å². The fourth-order valence-electron chi connectivity index (χ4n) is 4.80. The van der Waals surface area contributed by atoms with Gasteiger partial charge in [0, 0.05) is 19.9 Å². The third-order valence-electron chi connectivity index (χ3n) is 6.96. The quantitative estimate of drug-likeness (QED) is 0.305. The van der Waals surface area contributed by atoms with Crippen molar-refractivity contribution in [3.8, 4) is 5.69 Å². The molecular weight excluding hydrogens is 569 g/mol. The molecule has 1 saturated heterocycles. The second-order valence-corrected chi connectivity index (χ2v) is 9.84. The maximum Gasteiger partial charge on any atom is 0.417 e. The number of imidazole rings is 1. The van der Waals surface area contributed by atoms with Crippen molar-refractivity contribution < 1.29 is 27.4 Å². The number of alkyl halides is 3. The van der Waals surface area contributed by atoms with E-state index in [1.54, 1.807) is 19.2 Å². The van der Waals surface area contributed by atoms with Crippen LogP contribution in [0, 0.1) is 0 Å². The van der Waals surface area contributed by atoms with Crippen LogP contribution >= 0.6 is 11.6 Å². The zero-order valence-electron chi connectivity index (χ0n) is 21.9. The molecule has 0 radical (unpaired) electrons. The van der Waals surface area contributed by atoms with Gasteiger partial charge in [0.1, 0.15) is 5.56 Å². The number of aromatic nitrogens is 4. The minimum absolute atomic E-state index is 0.0773. The molecule has 0 bridgehead atoms. The Hall–Kier alpha value is -4.10. The number of hydrogen-bond donors (Lipinski definition) is 0. The molecule has 1 unspecified atom stereocenters. The third kappa shape index (κ3) is 4.99. The Bertz CT molecular complexity index is 1850. The number of hydrogen-bond acceptors (Lipinski definition) is 6. The summed E-state index contributed by atoms with van der Waals surface area (Å²) in [5.41, 5.74) is -3.26. The monoisotopic (exact) mass is 592 g/mol. The number of aryl methyl sites for hydroxylation is 1. The van der Waals surface area contributed by atoms with Crippen LogP contribution < -0.4 is 16.9 Å². The van der Waals surface area contributed by atoms with Crippen LogP contribution in [0.25, 0.3) is 16.7 Å². The Labute approximate surface area is 234 Å². The maximum absolute atomic E-state index is 13.8. The molecule has 41 heavy (non-hydrogen) atoms. The van der Waals surface area contributed by atoms with Crippen LogP contribution in [0.15, 0.2) is 57.0 Å². The van der Waals surface area contributed by atoms with Gasteiger partial charge in [-0.1, -0.05) is 29.8 Å². The topological polar surface area (TPSA) is 106 Å². The summed E-state index contributed by atoms with van der Waals surface area (Å²) in [4.78, 5) is 53.2. The Morgan fingerprint density at radius 2 is 1.80 bits per heavy atom. The van der Waals surface area contributed by atoms with Gasteiger partial charge in [-0.15, -0.1) is 0 Å². The van der Waals surface area contributed by atoms with E-state index < -0.39 is 46.1 Å². The number of ether oxygens (including phenoxy) is 2. The smallest absolute Gasteiger partial charge is 0.417 e. The van der Waals surface area contributed by atoms with E-state index in [0.717, 1.165) is 29.3 Å². The summed E-state index contributed by atoms with van der Waals surface area (Å²) >= 11 is 6.06. The van der Waals surface area contributed by atoms with E-state index in [0.29, 0.717) is 22.2 Å². The maximum atomic E-state index is 13.8. The molecule has 0 spiro atoms. The molecule has 0 saturated carbocycles. The van der Waals surface area contributed by atoms with Crippen molar-refractivity contribution in [1.29, 1.82) is 0 Å². The number of carbonyl (C=O) groups is 1. The van der Waals surface area contributed by atoms with Crippen molar-refractivity contribution >= 4 is 28.6 Å². The summed E-state index contributed by atoms with van der Waals surface area (Å²) in [7, 11) is 1.57. The molecule has 5 rings (SSSR count). The molecule has 10 nitrogen and oxygen atoms in total. The van der Waals surface area contributed by atoms with Gasteiger partial charge in [0.2, 0.25) is 0 Å². The lowest BCUT2D eigenvalue weighted by Gasteiger charge is -2.26. The highest BCUT2D eigenvalue weighted by molar-refractivity contribution is 6.32. The van der Waals surface area contributed by atoms with Gasteiger partial charge in [-0.25, -0.2) is 14.4 Å². The van der Waals surface area contributed by atoms with E-state index in [1.807, 2.05) is 0 Å². The Kier molecular flexibility index (Phi) is 7.43. The van der Waals surface area contributed by atoms with Crippen molar-refractivity contribution in [2.45, 2.75) is 38.7 Å². The highest BCUT2D eigenvalue weighted by Gasteiger charge is 2.34. The summed E-state index contributed by atoms with van der Waals surface area (Å²) in [6.07, 6.45) is -3.23. The number of fused-ring (bicyclic) bond motifs is 1. The molecule has 14 heteroatoms. The van der Waals surface area contributed by atoms with Crippen molar-refractivity contribution in [3.63, 3.8) is 0 Å². The predicted octanol–water partition coefficient (Wildman–Crippen LogP) is 3.34. The van der Waals surface area contributed by atoms with E-state index in [9.17, 15) is 32.3 Å². The summed E-state index contributed by atoms with van der Waals surface area (Å²) < 4.78 is 55.5. The number of esters is 1. The highest BCUT2D eigenvalue weighted by atomic mass is 35.5. The van der Waals surface area contributed by atoms with Crippen LogP contribution in [0.3, 0.4) is 0 Å². The van der Waals surface area contributed by atoms with Crippen LogP contribution in [0.4, 0.5) is 13.2 Å². The zero-order valence-corrected chi connectivity index (χ0v) is 22.7. The van der Waals surface area contributed by atoms with E-state index in [2.05, 4.69) is 0 Å². The number of halogens is 4. The lowest BCUT2D eigenvalue weighted by Crippen LogP contribution is -2.42. The average Bonchev–Trinajstić information content (AvgIpc) is 3.14. The summed E-state index contributed by atoms with van der Waals surface area (Å²) in [6, 6.07) is 7.93. The molecule has 216 valence electrons. The number of nitrogens with zero attached hydrogens (tertiary/aromatic N) is 4. The molecule has 2 aromatic heterocycles. The SMILES string of the molecule is CCOC(=O)c1cn(-c2cccc3c2n(CC2CCO2)c(=O)n3C)c(=O)n(Cc2cccc(C(F)(F)F)c2Cl)c1=O. The first kappa shape index (κ1) is 28.4. The van der Waals surface area contributed by atoms with Crippen LogP contribution in [0.5, 0.6) is 0 Å². The number of benzene rings is 2. The van der Waals surface area contributed by atoms with E-state index in [-0.39, 0.29) is 36.2 Å². The molecule has 0 amide bonds. The largest absolute Gasteiger partial charge is 0.462 e. The second kappa shape index (κ2) is 10.7. The molecule has 1 aliphatic heterocycles. The normalized spacial score (nSPS) is 15.2. The molecule has 1 atom stereocenters. The lowest BCUT2D eigenvalue weighted by molar-refractivity contribution is -0.137. The van der Waals surface area contributed by atoms with Gasteiger partial charge >= 0.3 is 23.5 Å². The Balaban J connectivity index is 1.77.